The smallest absolute Gasteiger partial charge is 0.241 e. The van der Waals surface area contributed by atoms with Gasteiger partial charge in [0.2, 0.25) is 5.91 Å². The third-order valence-corrected chi connectivity index (χ3v) is 4.46. The molecule has 2 atom stereocenters. The predicted molar refractivity (Wildman–Crippen MR) is 90.6 cm³/mol. The van der Waals surface area contributed by atoms with E-state index in [0.717, 1.165) is 0 Å². The van der Waals surface area contributed by atoms with Crippen molar-refractivity contribution in [3.63, 3.8) is 0 Å². The van der Waals surface area contributed by atoms with Crippen molar-refractivity contribution in [1.82, 2.24) is 4.90 Å². The third-order valence-electron chi connectivity index (χ3n) is 4.12. The number of benzene rings is 1. The van der Waals surface area contributed by atoms with Gasteiger partial charge in [0.15, 0.2) is 0 Å². The summed E-state index contributed by atoms with van der Waals surface area (Å²) in [7, 11) is 1.97. The summed E-state index contributed by atoms with van der Waals surface area (Å²) in [6, 6.07) is 5.12. The van der Waals surface area contributed by atoms with Gasteiger partial charge in [0.05, 0.1) is 16.8 Å². The Morgan fingerprint density at radius 3 is 2.38 bits per heavy atom. The van der Waals surface area contributed by atoms with Crippen LogP contribution in [0, 0.1) is 5.41 Å². The van der Waals surface area contributed by atoms with Crippen LogP contribution >= 0.6 is 11.6 Å². The Hall–Kier alpha value is -1.26. The number of nitrogen functional groups attached to an aromatic ring is 1. The predicted octanol–water partition coefficient (Wildman–Crippen LogP) is 3.62. The van der Waals surface area contributed by atoms with Gasteiger partial charge in [-0.25, -0.2) is 0 Å². The first kappa shape index (κ1) is 17.8. The Balaban J connectivity index is 2.76. The molecule has 0 aliphatic rings. The van der Waals surface area contributed by atoms with Crippen LogP contribution in [0.4, 0.5) is 11.4 Å². The average molecular weight is 312 g/mol. The minimum atomic E-state index is -0.240. The first-order valence-corrected chi connectivity index (χ1v) is 7.49. The zero-order valence-electron chi connectivity index (χ0n) is 13.7. The molecule has 0 saturated carbocycles. The Bertz CT molecular complexity index is 511. The molecule has 0 spiro atoms. The molecule has 0 fully saturated rings. The fourth-order valence-corrected chi connectivity index (χ4v) is 2.12. The molecule has 2 unspecified atom stereocenters. The summed E-state index contributed by atoms with van der Waals surface area (Å²) in [5.74, 6) is -0.0599. The molecule has 3 N–H and O–H groups in total. The second-order valence-corrected chi connectivity index (χ2v) is 7.02. The monoisotopic (exact) mass is 311 g/mol. The highest BCUT2D eigenvalue weighted by Crippen LogP contribution is 2.25. The summed E-state index contributed by atoms with van der Waals surface area (Å²) in [5.41, 5.74) is 6.96. The van der Waals surface area contributed by atoms with Crippen LogP contribution in [0.15, 0.2) is 18.2 Å². The molecule has 4 nitrogen and oxygen atoms in total. The van der Waals surface area contributed by atoms with Gasteiger partial charge in [-0.15, -0.1) is 0 Å². The molecular formula is C16H26ClN3O. The molecule has 0 heterocycles. The summed E-state index contributed by atoms with van der Waals surface area (Å²) in [4.78, 5) is 14.4. The van der Waals surface area contributed by atoms with Crippen LogP contribution in [-0.2, 0) is 4.79 Å². The first-order chi connectivity index (χ1) is 9.54. The zero-order valence-corrected chi connectivity index (χ0v) is 14.5. The lowest BCUT2D eigenvalue weighted by molar-refractivity contribution is -0.121. The van der Waals surface area contributed by atoms with Gasteiger partial charge in [-0.1, -0.05) is 32.4 Å². The number of nitrogens with two attached hydrogens (primary N) is 1. The molecule has 1 aromatic rings. The highest BCUT2D eigenvalue weighted by Gasteiger charge is 2.29. The van der Waals surface area contributed by atoms with Gasteiger partial charge in [0, 0.05) is 11.7 Å². The largest absolute Gasteiger partial charge is 0.397 e. The number of hydrogen-bond donors (Lipinski definition) is 2. The lowest BCUT2D eigenvalue weighted by Gasteiger charge is -2.38. The normalized spacial score (nSPS) is 14.9. The van der Waals surface area contributed by atoms with Crippen LogP contribution in [0.2, 0.25) is 5.02 Å². The Morgan fingerprint density at radius 1 is 1.33 bits per heavy atom. The number of halogens is 1. The molecule has 0 aliphatic heterocycles. The van der Waals surface area contributed by atoms with Crippen molar-refractivity contribution in [2.45, 2.75) is 46.7 Å². The Morgan fingerprint density at radius 2 is 1.90 bits per heavy atom. The topological polar surface area (TPSA) is 58.4 Å². The fraction of sp³-hybridized carbons (Fsp3) is 0.562. The van der Waals surface area contributed by atoms with Crippen LogP contribution in [0.1, 0.15) is 34.6 Å². The van der Waals surface area contributed by atoms with Gasteiger partial charge in [0.25, 0.3) is 0 Å². The van der Waals surface area contributed by atoms with Crippen LogP contribution in [0.3, 0.4) is 0 Å². The number of likely N-dealkylation sites (N-methyl/N-ethyl adjacent to an activating group) is 1. The van der Waals surface area contributed by atoms with Crippen molar-refractivity contribution in [2.75, 3.05) is 18.1 Å². The summed E-state index contributed by atoms with van der Waals surface area (Å²) in [5, 5.41) is 3.36. The molecule has 0 radical (unpaired) electrons. The molecule has 1 amide bonds. The molecule has 1 aromatic carbocycles. The van der Waals surface area contributed by atoms with Crippen LogP contribution in [0.5, 0.6) is 0 Å². The number of rotatable bonds is 4. The first-order valence-electron chi connectivity index (χ1n) is 7.12. The molecule has 5 heteroatoms. The highest BCUT2D eigenvalue weighted by molar-refractivity contribution is 6.33. The molecule has 118 valence electrons. The molecular weight excluding hydrogens is 286 g/mol. The number of nitrogens with zero attached hydrogens (tertiary/aromatic N) is 1. The van der Waals surface area contributed by atoms with Gasteiger partial charge in [-0.05, 0) is 44.5 Å². The van der Waals surface area contributed by atoms with Gasteiger partial charge in [-0.2, -0.15) is 0 Å². The minimum Gasteiger partial charge on any atom is -0.397 e. The van der Waals surface area contributed by atoms with E-state index in [2.05, 4.69) is 37.9 Å². The number of carbonyl (C=O) groups is 1. The van der Waals surface area contributed by atoms with Crippen LogP contribution < -0.4 is 11.1 Å². The quantitative estimate of drug-likeness (QED) is 0.835. The van der Waals surface area contributed by atoms with Crippen molar-refractivity contribution in [3.8, 4) is 0 Å². The summed E-state index contributed by atoms with van der Waals surface area (Å²) < 4.78 is 0. The van der Waals surface area contributed by atoms with E-state index in [0.29, 0.717) is 16.4 Å². The lowest BCUT2D eigenvalue weighted by atomic mass is 9.86. The Labute approximate surface area is 132 Å². The van der Waals surface area contributed by atoms with Crippen molar-refractivity contribution in [2.24, 2.45) is 5.41 Å². The molecule has 0 aromatic heterocycles. The second kappa shape index (κ2) is 6.67. The standard InChI is InChI=1S/C16H26ClN3O/c1-10(20(6)11(2)16(3,4)5)15(21)19-12-7-8-13(17)14(18)9-12/h7-11H,18H2,1-6H3,(H,19,21). The second-order valence-electron chi connectivity index (χ2n) is 6.61. The average Bonchev–Trinajstić information content (AvgIpc) is 2.39. The maximum Gasteiger partial charge on any atom is 0.241 e. The Kier molecular flexibility index (Phi) is 5.65. The summed E-state index contributed by atoms with van der Waals surface area (Å²) in [6.07, 6.45) is 0. The van der Waals surface area contributed by atoms with Gasteiger partial charge < -0.3 is 11.1 Å². The molecule has 21 heavy (non-hydrogen) atoms. The van der Waals surface area contributed by atoms with E-state index in [4.69, 9.17) is 17.3 Å². The van der Waals surface area contributed by atoms with Gasteiger partial charge in [-0.3, -0.25) is 9.69 Å². The van der Waals surface area contributed by atoms with Crippen molar-refractivity contribution < 1.29 is 4.79 Å². The van der Waals surface area contributed by atoms with E-state index < -0.39 is 0 Å². The van der Waals surface area contributed by atoms with E-state index in [9.17, 15) is 4.79 Å². The van der Waals surface area contributed by atoms with E-state index >= 15 is 0 Å². The van der Waals surface area contributed by atoms with Crippen molar-refractivity contribution in [3.05, 3.63) is 23.2 Å². The number of hydrogen-bond acceptors (Lipinski definition) is 3. The van der Waals surface area contributed by atoms with Gasteiger partial charge >= 0.3 is 0 Å². The van der Waals surface area contributed by atoms with Crippen LogP contribution in [-0.4, -0.2) is 29.9 Å². The maximum absolute atomic E-state index is 12.4. The fourth-order valence-electron chi connectivity index (χ4n) is 2.00. The zero-order chi connectivity index (χ0) is 16.4. The number of anilines is 2. The summed E-state index contributed by atoms with van der Waals surface area (Å²) >= 11 is 5.88. The van der Waals surface area contributed by atoms with E-state index in [1.807, 2.05) is 14.0 Å². The third kappa shape index (κ3) is 4.61. The SMILES string of the molecule is CC(C(=O)Nc1ccc(Cl)c(N)c1)N(C)C(C)C(C)(C)C. The molecule has 1 rings (SSSR count). The maximum atomic E-state index is 12.4. The number of carbonyl (C=O) groups excluding carboxylic acids is 1. The lowest BCUT2D eigenvalue weighted by Crippen LogP contribution is -2.48. The number of amides is 1. The molecule has 0 bridgehead atoms. The molecule has 0 aliphatic carbocycles. The van der Waals surface area contributed by atoms with Crippen molar-refractivity contribution >= 4 is 28.9 Å². The van der Waals surface area contributed by atoms with E-state index in [1.165, 1.54) is 0 Å². The van der Waals surface area contributed by atoms with Gasteiger partial charge in [0.1, 0.15) is 0 Å². The molecule has 0 saturated heterocycles. The van der Waals surface area contributed by atoms with E-state index in [1.54, 1.807) is 18.2 Å². The van der Waals surface area contributed by atoms with Crippen molar-refractivity contribution in [1.29, 1.82) is 0 Å². The van der Waals surface area contributed by atoms with Crippen LogP contribution in [0.25, 0.3) is 0 Å². The highest BCUT2D eigenvalue weighted by atomic mass is 35.5. The minimum absolute atomic E-state index is 0.0599. The summed E-state index contributed by atoms with van der Waals surface area (Å²) in [6.45, 7) is 10.5. The number of nitrogens with one attached hydrogen (secondary N) is 1. The van der Waals surface area contributed by atoms with E-state index in [-0.39, 0.29) is 23.4 Å².